The molecule has 21 heavy (non-hydrogen) atoms. The Bertz CT molecular complexity index is 689. The molecule has 0 aliphatic carbocycles. The van der Waals surface area contributed by atoms with Gasteiger partial charge in [0.05, 0.1) is 16.8 Å². The highest BCUT2D eigenvalue weighted by Crippen LogP contribution is 2.28. The Morgan fingerprint density at radius 2 is 2.00 bits per heavy atom. The molecule has 0 fully saturated rings. The number of nitro benzene ring substituents is 1. The molecule has 0 saturated heterocycles. The van der Waals surface area contributed by atoms with E-state index in [-0.39, 0.29) is 10.8 Å². The van der Waals surface area contributed by atoms with Crippen molar-refractivity contribution in [3.8, 4) is 0 Å². The molecule has 0 bridgehead atoms. The van der Waals surface area contributed by atoms with Gasteiger partial charge in [-0.3, -0.25) is 15.1 Å². The molecule has 0 aliphatic rings. The number of anilines is 2. The Labute approximate surface area is 127 Å². The topological polar surface area (TPSA) is 80.1 Å². The SMILES string of the molecule is Cc1cc(NC(=S)Nc2cccnc2)c([N+](=O)[O-])cc1C. The van der Waals surface area contributed by atoms with E-state index in [2.05, 4.69) is 15.6 Å². The van der Waals surface area contributed by atoms with Crippen LogP contribution < -0.4 is 10.6 Å². The summed E-state index contributed by atoms with van der Waals surface area (Å²) in [5, 5.41) is 17.2. The Hall–Kier alpha value is -2.54. The number of nitrogens with one attached hydrogen (secondary N) is 2. The second kappa shape index (κ2) is 6.27. The van der Waals surface area contributed by atoms with E-state index in [1.54, 1.807) is 30.6 Å². The van der Waals surface area contributed by atoms with E-state index in [1.165, 1.54) is 6.07 Å². The third-order valence-electron chi connectivity index (χ3n) is 2.98. The average molecular weight is 302 g/mol. The molecule has 0 atom stereocenters. The van der Waals surface area contributed by atoms with Crippen molar-refractivity contribution in [1.82, 2.24) is 4.98 Å². The molecule has 1 heterocycles. The monoisotopic (exact) mass is 302 g/mol. The van der Waals surface area contributed by atoms with Crippen molar-refractivity contribution in [2.45, 2.75) is 13.8 Å². The Morgan fingerprint density at radius 1 is 1.29 bits per heavy atom. The van der Waals surface area contributed by atoms with Crippen LogP contribution in [0.2, 0.25) is 0 Å². The third-order valence-corrected chi connectivity index (χ3v) is 3.18. The zero-order chi connectivity index (χ0) is 15.4. The molecule has 0 spiro atoms. The molecular weight excluding hydrogens is 288 g/mol. The van der Waals surface area contributed by atoms with Crippen LogP contribution in [0.1, 0.15) is 11.1 Å². The number of pyridine rings is 1. The van der Waals surface area contributed by atoms with Gasteiger partial charge >= 0.3 is 0 Å². The Kier molecular flexibility index (Phi) is 4.44. The minimum absolute atomic E-state index is 0.00608. The van der Waals surface area contributed by atoms with Crippen LogP contribution in [-0.2, 0) is 0 Å². The average Bonchev–Trinajstić information content (AvgIpc) is 2.43. The number of thiocarbonyl (C=S) groups is 1. The molecule has 0 aliphatic heterocycles. The van der Waals surface area contributed by atoms with Gasteiger partial charge < -0.3 is 10.6 Å². The van der Waals surface area contributed by atoms with E-state index in [0.717, 1.165) is 11.1 Å². The van der Waals surface area contributed by atoms with Gasteiger partial charge in [0.2, 0.25) is 0 Å². The van der Waals surface area contributed by atoms with Crippen molar-refractivity contribution in [3.63, 3.8) is 0 Å². The summed E-state index contributed by atoms with van der Waals surface area (Å²) in [5.41, 5.74) is 2.88. The minimum atomic E-state index is -0.429. The van der Waals surface area contributed by atoms with Gasteiger partial charge in [0, 0.05) is 12.3 Å². The molecule has 0 saturated carbocycles. The lowest BCUT2D eigenvalue weighted by atomic mass is 10.1. The number of hydrogen-bond acceptors (Lipinski definition) is 4. The summed E-state index contributed by atoms with van der Waals surface area (Å²) in [6.45, 7) is 3.72. The van der Waals surface area contributed by atoms with Crippen LogP contribution in [0.5, 0.6) is 0 Å². The first-order valence-electron chi connectivity index (χ1n) is 6.21. The molecule has 7 heteroatoms. The van der Waals surface area contributed by atoms with Crippen LogP contribution in [0.3, 0.4) is 0 Å². The number of hydrogen-bond donors (Lipinski definition) is 2. The van der Waals surface area contributed by atoms with Crippen molar-refractivity contribution in [2.75, 3.05) is 10.6 Å². The molecule has 0 radical (unpaired) electrons. The highest BCUT2D eigenvalue weighted by Gasteiger charge is 2.16. The van der Waals surface area contributed by atoms with Crippen molar-refractivity contribution in [2.24, 2.45) is 0 Å². The fourth-order valence-corrected chi connectivity index (χ4v) is 2.00. The van der Waals surface area contributed by atoms with Crippen LogP contribution in [0.4, 0.5) is 17.1 Å². The predicted molar refractivity (Wildman–Crippen MR) is 86.7 cm³/mol. The molecule has 2 N–H and O–H groups in total. The first-order valence-corrected chi connectivity index (χ1v) is 6.62. The molecule has 0 amide bonds. The summed E-state index contributed by atoms with van der Waals surface area (Å²) in [6.07, 6.45) is 3.26. The third kappa shape index (κ3) is 3.73. The largest absolute Gasteiger partial charge is 0.331 e. The molecular formula is C14H14N4O2S. The maximum atomic E-state index is 11.1. The fraction of sp³-hybridized carbons (Fsp3) is 0.143. The van der Waals surface area contributed by atoms with E-state index in [0.29, 0.717) is 11.4 Å². The number of benzene rings is 1. The lowest BCUT2D eigenvalue weighted by Crippen LogP contribution is -2.20. The quantitative estimate of drug-likeness (QED) is 0.514. The van der Waals surface area contributed by atoms with Crippen molar-refractivity contribution in [1.29, 1.82) is 0 Å². The van der Waals surface area contributed by atoms with E-state index in [4.69, 9.17) is 12.2 Å². The van der Waals surface area contributed by atoms with Gasteiger partial charge in [0.1, 0.15) is 5.69 Å². The van der Waals surface area contributed by atoms with Crippen LogP contribution in [0, 0.1) is 24.0 Å². The van der Waals surface area contributed by atoms with Gasteiger partial charge in [-0.2, -0.15) is 0 Å². The van der Waals surface area contributed by atoms with Gasteiger partial charge in [-0.15, -0.1) is 0 Å². The Morgan fingerprint density at radius 3 is 2.62 bits per heavy atom. The molecule has 1 aromatic carbocycles. The van der Waals surface area contributed by atoms with E-state index >= 15 is 0 Å². The molecule has 1 aromatic heterocycles. The zero-order valence-corrected chi connectivity index (χ0v) is 12.4. The summed E-state index contributed by atoms with van der Waals surface area (Å²) in [7, 11) is 0. The second-order valence-corrected chi connectivity index (χ2v) is 4.94. The molecule has 6 nitrogen and oxygen atoms in total. The molecule has 0 unspecified atom stereocenters. The normalized spacial score (nSPS) is 10.0. The highest BCUT2D eigenvalue weighted by atomic mass is 32.1. The van der Waals surface area contributed by atoms with E-state index in [1.807, 2.05) is 13.8 Å². The van der Waals surface area contributed by atoms with Gasteiger partial charge in [0.25, 0.3) is 5.69 Å². The first-order chi connectivity index (χ1) is 9.97. The number of aromatic nitrogens is 1. The van der Waals surface area contributed by atoms with Crippen LogP contribution in [0.15, 0.2) is 36.7 Å². The lowest BCUT2D eigenvalue weighted by molar-refractivity contribution is -0.384. The summed E-state index contributed by atoms with van der Waals surface area (Å²) in [4.78, 5) is 14.6. The minimum Gasteiger partial charge on any atom is -0.331 e. The predicted octanol–water partition coefficient (Wildman–Crippen LogP) is 3.42. The van der Waals surface area contributed by atoms with Crippen LogP contribution in [-0.4, -0.2) is 15.0 Å². The van der Waals surface area contributed by atoms with E-state index < -0.39 is 4.92 Å². The standard InChI is InChI=1S/C14H14N4O2S/c1-9-6-12(13(18(19)20)7-10(9)2)17-14(21)16-11-4-3-5-15-8-11/h3-8H,1-2H3,(H2,16,17,21). The van der Waals surface area contributed by atoms with Gasteiger partial charge in [-0.1, -0.05) is 0 Å². The number of nitro groups is 1. The number of nitrogens with zero attached hydrogens (tertiary/aromatic N) is 2. The van der Waals surface area contributed by atoms with Crippen molar-refractivity contribution in [3.05, 3.63) is 57.9 Å². The van der Waals surface area contributed by atoms with Gasteiger partial charge in [0.15, 0.2) is 5.11 Å². The first kappa shape index (κ1) is 14.9. The smallest absolute Gasteiger partial charge is 0.293 e. The summed E-state index contributed by atoms with van der Waals surface area (Å²) in [5.74, 6) is 0. The maximum Gasteiger partial charge on any atom is 0.293 e. The van der Waals surface area contributed by atoms with Gasteiger partial charge in [-0.05, 0) is 55.4 Å². The molecule has 2 rings (SSSR count). The number of aryl methyl sites for hydroxylation is 2. The van der Waals surface area contributed by atoms with Crippen molar-refractivity contribution >= 4 is 34.4 Å². The maximum absolute atomic E-state index is 11.1. The fourth-order valence-electron chi connectivity index (χ4n) is 1.77. The molecule has 108 valence electrons. The summed E-state index contributed by atoms with van der Waals surface area (Å²) < 4.78 is 0. The van der Waals surface area contributed by atoms with Gasteiger partial charge in [-0.25, -0.2) is 0 Å². The Balaban J connectivity index is 2.21. The van der Waals surface area contributed by atoms with Crippen molar-refractivity contribution < 1.29 is 4.92 Å². The van der Waals surface area contributed by atoms with Crippen LogP contribution in [0.25, 0.3) is 0 Å². The summed E-state index contributed by atoms with van der Waals surface area (Å²) in [6, 6.07) is 6.81. The number of rotatable bonds is 3. The lowest BCUT2D eigenvalue weighted by Gasteiger charge is -2.12. The van der Waals surface area contributed by atoms with Crippen LogP contribution >= 0.6 is 12.2 Å². The molecule has 2 aromatic rings. The van der Waals surface area contributed by atoms with E-state index in [9.17, 15) is 10.1 Å². The second-order valence-electron chi connectivity index (χ2n) is 4.53. The highest BCUT2D eigenvalue weighted by molar-refractivity contribution is 7.80. The zero-order valence-electron chi connectivity index (χ0n) is 11.6. The summed E-state index contributed by atoms with van der Waals surface area (Å²) >= 11 is 5.17.